The highest BCUT2D eigenvalue weighted by atomic mass is 19.4. The number of esters is 1. The quantitative estimate of drug-likeness (QED) is 0.188. The number of aryl methyl sites for hydroxylation is 1. The Morgan fingerprint density at radius 1 is 0.850 bits per heavy atom. The van der Waals surface area contributed by atoms with E-state index in [9.17, 15) is 18.0 Å². The van der Waals surface area contributed by atoms with Gasteiger partial charge in [-0.2, -0.15) is 13.2 Å². The molecule has 0 fully saturated rings. The maximum Gasteiger partial charge on any atom is 0.416 e. The molecule has 1 aromatic heterocycles. The van der Waals surface area contributed by atoms with Gasteiger partial charge in [-0.15, -0.1) is 0 Å². The summed E-state index contributed by atoms with van der Waals surface area (Å²) in [5, 5.41) is 0. The number of rotatable bonds is 10. The van der Waals surface area contributed by atoms with Gasteiger partial charge in [0.05, 0.1) is 24.5 Å². The number of nitrogens with zero attached hydrogens (tertiary/aromatic N) is 1. The van der Waals surface area contributed by atoms with Crippen LogP contribution < -0.4 is 9.47 Å². The second kappa shape index (κ2) is 11.9. The number of oxazole rings is 1. The van der Waals surface area contributed by atoms with E-state index in [-0.39, 0.29) is 6.61 Å². The molecule has 0 radical (unpaired) electrons. The molecule has 0 atom stereocenters. The summed E-state index contributed by atoms with van der Waals surface area (Å²) in [6.45, 7) is 7.53. The minimum absolute atomic E-state index is 0.281. The van der Waals surface area contributed by atoms with Crippen LogP contribution in [0.25, 0.3) is 22.6 Å². The summed E-state index contributed by atoms with van der Waals surface area (Å²) in [5.74, 6) is 1.86. The fourth-order valence-electron chi connectivity index (χ4n) is 3.95. The van der Waals surface area contributed by atoms with Crippen molar-refractivity contribution in [3.05, 3.63) is 89.8 Å². The number of alkyl halides is 3. The van der Waals surface area contributed by atoms with Crippen molar-refractivity contribution < 1.29 is 36.6 Å². The number of aromatic nitrogens is 1. The zero-order valence-electron chi connectivity index (χ0n) is 22.7. The first-order valence-corrected chi connectivity index (χ1v) is 12.8. The molecular weight excluding hydrogens is 523 g/mol. The summed E-state index contributed by atoms with van der Waals surface area (Å²) >= 11 is 0. The molecule has 0 bridgehead atoms. The second-order valence-electron chi connectivity index (χ2n) is 9.58. The Hall–Kier alpha value is -4.27. The molecule has 9 heteroatoms. The van der Waals surface area contributed by atoms with Gasteiger partial charge in [0.15, 0.2) is 5.60 Å². The third-order valence-corrected chi connectivity index (χ3v) is 6.14. The predicted octanol–water partition coefficient (Wildman–Crippen LogP) is 7.68. The molecule has 4 rings (SSSR count). The second-order valence-corrected chi connectivity index (χ2v) is 9.58. The molecule has 0 spiro atoms. The lowest BCUT2D eigenvalue weighted by atomic mass is 10.0. The number of hydrogen-bond acceptors (Lipinski definition) is 6. The molecule has 0 N–H and O–H groups in total. The number of carbonyl (C=O) groups excluding carboxylic acids is 1. The van der Waals surface area contributed by atoms with Gasteiger partial charge in [-0.05, 0) is 87.4 Å². The SMILES string of the molecule is CCOC(=O)C(C)(C)Oc1ccc(OCCc2nc(-c3ccc(-c4ccc(C(F)(F)F)cc4)cc3)oc2C)cc1. The van der Waals surface area contributed by atoms with Crippen LogP contribution in [0.15, 0.2) is 77.2 Å². The normalized spacial score (nSPS) is 11.8. The molecule has 0 unspecified atom stereocenters. The monoisotopic (exact) mass is 553 g/mol. The van der Waals surface area contributed by atoms with Crippen molar-refractivity contribution in [2.75, 3.05) is 13.2 Å². The average molecular weight is 554 g/mol. The van der Waals surface area contributed by atoms with Crippen LogP contribution in [0.4, 0.5) is 13.2 Å². The molecule has 210 valence electrons. The Bertz CT molecular complexity index is 1420. The largest absolute Gasteiger partial charge is 0.493 e. The molecule has 4 aromatic rings. The Morgan fingerprint density at radius 3 is 1.98 bits per heavy atom. The van der Waals surface area contributed by atoms with Gasteiger partial charge in [-0.1, -0.05) is 24.3 Å². The number of halogens is 3. The minimum atomic E-state index is -4.36. The maximum atomic E-state index is 12.8. The van der Waals surface area contributed by atoms with Crippen LogP contribution in [0, 0.1) is 6.92 Å². The lowest BCUT2D eigenvalue weighted by Gasteiger charge is -2.24. The third kappa shape index (κ3) is 7.02. The maximum absolute atomic E-state index is 12.8. The molecular formula is C31H30F3NO5. The summed E-state index contributed by atoms with van der Waals surface area (Å²) in [7, 11) is 0. The van der Waals surface area contributed by atoms with E-state index in [1.54, 1.807) is 45.0 Å². The van der Waals surface area contributed by atoms with Crippen LogP contribution >= 0.6 is 0 Å². The van der Waals surface area contributed by atoms with E-state index in [2.05, 4.69) is 4.98 Å². The van der Waals surface area contributed by atoms with Crippen molar-refractivity contribution in [1.29, 1.82) is 0 Å². The summed E-state index contributed by atoms with van der Waals surface area (Å²) in [4.78, 5) is 16.6. The zero-order valence-corrected chi connectivity index (χ0v) is 22.7. The first-order chi connectivity index (χ1) is 19.0. The van der Waals surface area contributed by atoms with Crippen LogP contribution in [0.1, 0.15) is 37.8 Å². The third-order valence-electron chi connectivity index (χ3n) is 6.14. The molecule has 40 heavy (non-hydrogen) atoms. The molecule has 1 heterocycles. The van der Waals surface area contributed by atoms with E-state index in [4.69, 9.17) is 18.6 Å². The van der Waals surface area contributed by atoms with Gasteiger partial charge in [-0.3, -0.25) is 0 Å². The minimum Gasteiger partial charge on any atom is -0.493 e. The van der Waals surface area contributed by atoms with E-state index in [1.165, 1.54) is 12.1 Å². The van der Waals surface area contributed by atoms with Crippen LogP contribution in [0.3, 0.4) is 0 Å². The number of ether oxygens (including phenoxy) is 3. The Morgan fingerprint density at radius 2 is 1.40 bits per heavy atom. The topological polar surface area (TPSA) is 70.8 Å². The highest BCUT2D eigenvalue weighted by Gasteiger charge is 2.31. The van der Waals surface area contributed by atoms with Crippen LogP contribution in [-0.4, -0.2) is 29.8 Å². The highest BCUT2D eigenvalue weighted by molar-refractivity contribution is 5.79. The van der Waals surface area contributed by atoms with E-state index in [1.807, 2.05) is 31.2 Å². The van der Waals surface area contributed by atoms with Gasteiger partial charge in [0.25, 0.3) is 0 Å². The van der Waals surface area contributed by atoms with E-state index >= 15 is 0 Å². The first-order valence-electron chi connectivity index (χ1n) is 12.8. The van der Waals surface area contributed by atoms with Gasteiger partial charge >= 0.3 is 12.1 Å². The predicted molar refractivity (Wildman–Crippen MR) is 144 cm³/mol. The molecule has 0 saturated carbocycles. The number of benzene rings is 3. The molecule has 0 aliphatic rings. The molecule has 6 nitrogen and oxygen atoms in total. The fourth-order valence-corrected chi connectivity index (χ4v) is 3.95. The summed E-state index contributed by atoms with van der Waals surface area (Å²) in [6.07, 6.45) is -3.84. The van der Waals surface area contributed by atoms with Gasteiger partial charge in [-0.25, -0.2) is 9.78 Å². The molecule has 0 aliphatic heterocycles. The summed E-state index contributed by atoms with van der Waals surface area (Å²) < 4.78 is 61.0. The van der Waals surface area contributed by atoms with Gasteiger partial charge in [0, 0.05) is 12.0 Å². The molecule has 0 saturated heterocycles. The van der Waals surface area contributed by atoms with Gasteiger partial charge < -0.3 is 18.6 Å². The average Bonchev–Trinajstić information content (AvgIpc) is 3.29. The Kier molecular flexibility index (Phi) is 8.52. The van der Waals surface area contributed by atoms with E-state index in [0.29, 0.717) is 41.7 Å². The lowest BCUT2D eigenvalue weighted by molar-refractivity contribution is -0.158. The first kappa shape index (κ1) is 28.7. The van der Waals surface area contributed by atoms with E-state index < -0.39 is 23.3 Å². The van der Waals surface area contributed by atoms with Crippen molar-refractivity contribution in [1.82, 2.24) is 4.98 Å². The van der Waals surface area contributed by atoms with E-state index in [0.717, 1.165) is 29.0 Å². The standard InChI is InChI=1S/C31H30F3NO5/c1-5-37-29(36)30(3,4)40-26-16-14-25(15-17-26)38-19-18-27-20(2)39-28(35-27)23-8-6-21(7-9-23)22-10-12-24(13-11-22)31(32,33)34/h6-17H,5,18-19H2,1-4H3. The molecule has 0 aliphatic carbocycles. The van der Waals surface area contributed by atoms with Crippen molar-refractivity contribution in [2.45, 2.75) is 45.9 Å². The van der Waals surface area contributed by atoms with Crippen molar-refractivity contribution in [3.8, 4) is 34.1 Å². The lowest BCUT2D eigenvalue weighted by Crippen LogP contribution is -2.39. The Balaban J connectivity index is 1.33. The highest BCUT2D eigenvalue weighted by Crippen LogP contribution is 2.32. The molecule has 3 aromatic carbocycles. The summed E-state index contributed by atoms with van der Waals surface area (Å²) in [5.41, 5.74) is 1.20. The molecule has 0 amide bonds. The Labute approximate surface area is 230 Å². The number of carbonyl (C=O) groups is 1. The zero-order chi connectivity index (χ0) is 28.9. The van der Waals surface area contributed by atoms with Crippen LogP contribution in [-0.2, 0) is 22.1 Å². The fraction of sp³-hybridized carbons (Fsp3) is 0.290. The van der Waals surface area contributed by atoms with Crippen molar-refractivity contribution >= 4 is 5.97 Å². The summed E-state index contributed by atoms with van der Waals surface area (Å²) in [6, 6.07) is 19.3. The van der Waals surface area contributed by atoms with Crippen LogP contribution in [0.2, 0.25) is 0 Å². The van der Waals surface area contributed by atoms with Gasteiger partial charge in [0.2, 0.25) is 5.89 Å². The number of hydrogen-bond donors (Lipinski definition) is 0. The van der Waals surface area contributed by atoms with Crippen molar-refractivity contribution in [3.63, 3.8) is 0 Å². The van der Waals surface area contributed by atoms with Crippen LogP contribution in [0.5, 0.6) is 11.5 Å². The van der Waals surface area contributed by atoms with Gasteiger partial charge in [0.1, 0.15) is 17.3 Å². The smallest absolute Gasteiger partial charge is 0.416 e. The van der Waals surface area contributed by atoms with Crippen molar-refractivity contribution in [2.24, 2.45) is 0 Å².